The lowest BCUT2D eigenvalue weighted by Crippen LogP contribution is -2.50. The number of thioether (sulfide) groups is 1. The summed E-state index contributed by atoms with van der Waals surface area (Å²) in [5.74, 6) is 0.720. The highest BCUT2D eigenvalue weighted by Crippen LogP contribution is 2.31. The van der Waals surface area contributed by atoms with Crippen LogP contribution in [-0.4, -0.2) is 21.8 Å². The first-order valence-electron chi connectivity index (χ1n) is 7.29. The van der Waals surface area contributed by atoms with Crippen molar-refractivity contribution in [3.8, 4) is 0 Å². The maximum atomic E-state index is 12.7. The Hall–Kier alpha value is -2.12. The highest BCUT2D eigenvalue weighted by Gasteiger charge is 2.34. The van der Waals surface area contributed by atoms with E-state index in [4.69, 9.17) is 4.99 Å². The van der Waals surface area contributed by atoms with E-state index < -0.39 is 0 Å². The summed E-state index contributed by atoms with van der Waals surface area (Å²) >= 11 is 3.13. The summed E-state index contributed by atoms with van der Waals surface area (Å²) < 4.78 is 0. The molecule has 4 rings (SSSR count). The molecular formula is C16H14N4OS2. The first-order chi connectivity index (χ1) is 11.3. The molecule has 0 unspecified atom stereocenters. The van der Waals surface area contributed by atoms with Crippen molar-refractivity contribution in [3.05, 3.63) is 57.2 Å². The van der Waals surface area contributed by atoms with E-state index in [1.54, 1.807) is 16.3 Å². The minimum absolute atomic E-state index is 0.126. The topological polar surface area (TPSA) is 57.1 Å². The predicted molar refractivity (Wildman–Crippen MR) is 93.2 cm³/mol. The molecule has 1 aromatic carbocycles. The minimum atomic E-state index is -0.301. The van der Waals surface area contributed by atoms with Gasteiger partial charge in [0.15, 0.2) is 11.3 Å². The van der Waals surface area contributed by atoms with Gasteiger partial charge in [-0.2, -0.15) is 11.3 Å². The predicted octanol–water partition coefficient (Wildman–Crippen LogP) is 1.64. The maximum absolute atomic E-state index is 12.7. The van der Waals surface area contributed by atoms with Crippen LogP contribution in [-0.2, 0) is 4.79 Å². The average Bonchev–Trinajstić information content (AvgIpc) is 3.08. The molecule has 2 aromatic rings. The van der Waals surface area contributed by atoms with Crippen molar-refractivity contribution >= 4 is 39.9 Å². The lowest BCUT2D eigenvalue weighted by atomic mass is 10.1. The van der Waals surface area contributed by atoms with Gasteiger partial charge >= 0.3 is 0 Å². The van der Waals surface area contributed by atoms with Crippen molar-refractivity contribution in [1.29, 1.82) is 0 Å². The molecule has 0 aliphatic carbocycles. The van der Waals surface area contributed by atoms with Gasteiger partial charge in [-0.25, -0.2) is 5.01 Å². The number of carbonyl (C=O) groups is 1. The number of nitrogens with one attached hydrogen (secondary N) is 1. The van der Waals surface area contributed by atoms with Crippen molar-refractivity contribution in [3.63, 3.8) is 0 Å². The van der Waals surface area contributed by atoms with Gasteiger partial charge in [-0.3, -0.25) is 15.1 Å². The number of nitrogens with zero attached hydrogens (tertiary/aromatic N) is 3. The SMILES string of the molecule is CCSC1=NN2C(=c3ccccc3=N[C@H]2c2ccsc2)C(=O)N1. The van der Waals surface area contributed by atoms with Crippen molar-refractivity contribution in [2.75, 3.05) is 5.75 Å². The fourth-order valence-electron chi connectivity index (χ4n) is 2.67. The van der Waals surface area contributed by atoms with Crippen molar-refractivity contribution in [2.45, 2.75) is 13.1 Å². The highest BCUT2D eigenvalue weighted by atomic mass is 32.2. The Kier molecular flexibility index (Phi) is 3.66. The van der Waals surface area contributed by atoms with Crippen LogP contribution in [0.1, 0.15) is 18.7 Å². The quantitative estimate of drug-likeness (QED) is 0.903. The van der Waals surface area contributed by atoms with Crippen LogP contribution < -0.4 is 15.9 Å². The van der Waals surface area contributed by atoms with E-state index in [9.17, 15) is 4.79 Å². The zero-order valence-corrected chi connectivity index (χ0v) is 14.0. The summed E-state index contributed by atoms with van der Waals surface area (Å²) in [5.41, 5.74) is 1.61. The van der Waals surface area contributed by atoms with Gasteiger partial charge in [-0.15, -0.1) is 5.10 Å². The van der Waals surface area contributed by atoms with Crippen LogP contribution in [0.2, 0.25) is 0 Å². The third-order valence-corrected chi connectivity index (χ3v) is 5.09. The zero-order chi connectivity index (χ0) is 15.8. The van der Waals surface area contributed by atoms with E-state index in [-0.39, 0.29) is 12.1 Å². The van der Waals surface area contributed by atoms with E-state index in [0.717, 1.165) is 21.9 Å². The number of hydrogen-bond donors (Lipinski definition) is 1. The van der Waals surface area contributed by atoms with Gasteiger partial charge < -0.3 is 0 Å². The fourth-order valence-corrected chi connectivity index (χ4v) is 3.92. The van der Waals surface area contributed by atoms with Gasteiger partial charge in [0, 0.05) is 10.8 Å². The lowest BCUT2D eigenvalue weighted by Gasteiger charge is -2.33. The summed E-state index contributed by atoms with van der Waals surface area (Å²) in [6.07, 6.45) is -0.301. The van der Waals surface area contributed by atoms with Crippen LogP contribution in [0.4, 0.5) is 0 Å². The molecule has 0 bridgehead atoms. The van der Waals surface area contributed by atoms with E-state index in [0.29, 0.717) is 10.9 Å². The highest BCUT2D eigenvalue weighted by molar-refractivity contribution is 8.13. The molecule has 2 aliphatic rings. The molecule has 0 saturated carbocycles. The Morgan fingerprint density at radius 1 is 1.35 bits per heavy atom. The summed E-state index contributed by atoms with van der Waals surface area (Å²) in [5, 5.41) is 15.6. The van der Waals surface area contributed by atoms with Gasteiger partial charge in [0.25, 0.3) is 5.91 Å². The molecule has 1 amide bonds. The molecule has 2 aliphatic heterocycles. The molecule has 23 heavy (non-hydrogen) atoms. The standard InChI is InChI=1S/C16H14N4OS2/c1-2-23-16-18-15(21)13-11-5-3-4-6-12(11)17-14(20(13)19-16)10-7-8-22-9-10/h3-9,14H,2H2,1H3,(H,18,19,21)/t14-/m1/s1. The smallest absolute Gasteiger partial charge is 0.276 e. The van der Waals surface area contributed by atoms with E-state index >= 15 is 0 Å². The number of carbonyl (C=O) groups excluding carboxylic acids is 1. The van der Waals surface area contributed by atoms with Crippen LogP contribution in [0, 0.1) is 0 Å². The summed E-state index contributed by atoms with van der Waals surface area (Å²) in [7, 11) is 0. The van der Waals surface area contributed by atoms with Gasteiger partial charge in [0.1, 0.15) is 5.70 Å². The molecule has 5 nitrogen and oxygen atoms in total. The molecule has 7 heteroatoms. The fraction of sp³-hybridized carbons (Fsp3) is 0.188. The zero-order valence-electron chi connectivity index (χ0n) is 12.4. The van der Waals surface area contributed by atoms with Gasteiger partial charge in [-0.05, 0) is 28.6 Å². The largest absolute Gasteiger partial charge is 0.298 e. The number of benzene rings is 1. The van der Waals surface area contributed by atoms with Crippen molar-refractivity contribution in [1.82, 2.24) is 10.3 Å². The van der Waals surface area contributed by atoms with Gasteiger partial charge in [0.05, 0.1) is 5.36 Å². The van der Waals surface area contributed by atoms with Gasteiger partial charge in [-0.1, -0.05) is 36.9 Å². The molecule has 1 aromatic heterocycles. The summed E-state index contributed by atoms with van der Waals surface area (Å²) in [4.78, 5) is 17.5. The Labute approximate surface area is 141 Å². The molecule has 0 spiro atoms. The van der Waals surface area contributed by atoms with Crippen molar-refractivity contribution < 1.29 is 4.79 Å². The van der Waals surface area contributed by atoms with Crippen LogP contribution in [0.3, 0.4) is 0 Å². The molecule has 0 saturated heterocycles. The third-order valence-electron chi connectivity index (χ3n) is 3.64. The molecular weight excluding hydrogens is 328 g/mol. The third kappa shape index (κ3) is 2.46. The van der Waals surface area contributed by atoms with Crippen LogP contribution in [0.15, 0.2) is 51.2 Å². The molecule has 1 atom stereocenters. The maximum Gasteiger partial charge on any atom is 0.276 e. The Bertz CT molecular complexity index is 904. The summed E-state index contributed by atoms with van der Waals surface area (Å²) in [6.45, 7) is 2.03. The first kappa shape index (κ1) is 14.5. The van der Waals surface area contributed by atoms with Gasteiger partial charge in [0.2, 0.25) is 0 Å². The number of para-hydroxylation sites is 1. The number of hydrazone groups is 1. The van der Waals surface area contributed by atoms with E-state index in [1.807, 2.05) is 48.0 Å². The first-order valence-corrected chi connectivity index (χ1v) is 9.22. The van der Waals surface area contributed by atoms with Crippen LogP contribution >= 0.6 is 23.1 Å². The average molecular weight is 342 g/mol. The second-order valence-corrected chi connectivity index (χ2v) is 7.09. The second-order valence-electron chi connectivity index (χ2n) is 5.06. The van der Waals surface area contributed by atoms with E-state index in [1.165, 1.54) is 11.8 Å². The summed E-state index contributed by atoms with van der Waals surface area (Å²) in [6, 6.07) is 9.73. The molecule has 116 valence electrons. The Balaban J connectivity index is 1.96. The number of thiophene rings is 1. The monoisotopic (exact) mass is 342 g/mol. The molecule has 0 fully saturated rings. The van der Waals surface area contributed by atoms with Crippen LogP contribution in [0.25, 0.3) is 5.70 Å². The normalized spacial score (nSPS) is 19.4. The lowest BCUT2D eigenvalue weighted by molar-refractivity contribution is -0.116. The Morgan fingerprint density at radius 3 is 3.00 bits per heavy atom. The number of amides is 1. The number of hydrogen-bond acceptors (Lipinski definition) is 6. The molecule has 1 N–H and O–H groups in total. The number of fused-ring (bicyclic) bond motifs is 2. The Morgan fingerprint density at radius 2 is 2.22 bits per heavy atom. The van der Waals surface area contributed by atoms with Crippen LogP contribution in [0.5, 0.6) is 0 Å². The number of rotatable bonds is 2. The second kappa shape index (κ2) is 5.82. The van der Waals surface area contributed by atoms with E-state index in [2.05, 4.69) is 10.4 Å². The molecule has 0 radical (unpaired) electrons. The molecule has 3 heterocycles. The van der Waals surface area contributed by atoms with Crippen molar-refractivity contribution in [2.24, 2.45) is 10.1 Å². The number of amidine groups is 1. The minimum Gasteiger partial charge on any atom is -0.298 e.